The Labute approximate surface area is 135 Å². The van der Waals surface area contributed by atoms with Gasteiger partial charge in [-0.3, -0.25) is 19.1 Å². The molecule has 1 atom stereocenters. The third-order valence-corrected chi connectivity index (χ3v) is 4.58. The largest absolute Gasteiger partial charge is 0.353 e. The van der Waals surface area contributed by atoms with E-state index in [1.807, 2.05) is 14.1 Å². The van der Waals surface area contributed by atoms with Crippen LogP contribution < -0.4 is 16.6 Å². The van der Waals surface area contributed by atoms with E-state index in [1.54, 1.807) is 0 Å². The van der Waals surface area contributed by atoms with E-state index in [-0.39, 0.29) is 12.5 Å². The lowest BCUT2D eigenvalue weighted by Gasteiger charge is -2.35. The molecule has 1 aromatic heterocycles. The topological polar surface area (TPSA) is 87.2 Å². The number of nitrogens with zero attached hydrogens (tertiary/aromatic N) is 2. The molecule has 0 aliphatic heterocycles. The number of amides is 1. The van der Waals surface area contributed by atoms with Gasteiger partial charge < -0.3 is 10.2 Å². The molecule has 0 radical (unpaired) electrons. The van der Waals surface area contributed by atoms with E-state index < -0.39 is 11.2 Å². The van der Waals surface area contributed by atoms with Crippen molar-refractivity contribution in [2.24, 2.45) is 5.92 Å². The van der Waals surface area contributed by atoms with Crippen molar-refractivity contribution in [3.05, 3.63) is 33.1 Å². The highest BCUT2D eigenvalue weighted by Gasteiger charge is 2.25. The molecule has 0 aromatic carbocycles. The third-order valence-electron chi connectivity index (χ3n) is 4.58. The Hall–Kier alpha value is -1.89. The molecule has 2 rings (SSSR count). The van der Waals surface area contributed by atoms with Crippen LogP contribution in [0.2, 0.25) is 0 Å². The fourth-order valence-electron chi connectivity index (χ4n) is 3.29. The summed E-state index contributed by atoms with van der Waals surface area (Å²) in [5.41, 5.74) is -1.03. The lowest BCUT2D eigenvalue weighted by Crippen LogP contribution is -2.46. The van der Waals surface area contributed by atoms with Crippen molar-refractivity contribution >= 4 is 5.91 Å². The van der Waals surface area contributed by atoms with Crippen LogP contribution in [0, 0.1) is 5.92 Å². The summed E-state index contributed by atoms with van der Waals surface area (Å²) in [6, 6.07) is 1.55. The van der Waals surface area contributed by atoms with Crippen molar-refractivity contribution in [1.29, 1.82) is 0 Å². The van der Waals surface area contributed by atoms with Crippen molar-refractivity contribution in [2.75, 3.05) is 20.6 Å². The molecule has 2 N–H and O–H groups in total. The molecule has 0 bridgehead atoms. The van der Waals surface area contributed by atoms with Crippen molar-refractivity contribution in [1.82, 2.24) is 19.8 Å². The molecule has 1 heterocycles. The van der Waals surface area contributed by atoms with Crippen LogP contribution >= 0.6 is 0 Å². The van der Waals surface area contributed by atoms with Gasteiger partial charge in [-0.2, -0.15) is 0 Å². The summed E-state index contributed by atoms with van der Waals surface area (Å²) in [4.78, 5) is 39.0. The molecule has 0 unspecified atom stereocenters. The zero-order valence-corrected chi connectivity index (χ0v) is 13.9. The number of carbonyl (C=O) groups excluding carboxylic acids is 1. The smallest absolute Gasteiger partial charge is 0.328 e. The number of H-pyrrole nitrogens is 1. The predicted molar refractivity (Wildman–Crippen MR) is 88.4 cm³/mol. The first-order valence-electron chi connectivity index (χ1n) is 8.20. The Bertz CT molecular complexity index is 629. The Balaban J connectivity index is 1.90. The van der Waals surface area contributed by atoms with Crippen LogP contribution in [0.25, 0.3) is 0 Å². The van der Waals surface area contributed by atoms with E-state index in [0.29, 0.717) is 18.5 Å². The molecular formula is C16H26N4O3. The van der Waals surface area contributed by atoms with Gasteiger partial charge in [0.05, 0.1) is 0 Å². The summed E-state index contributed by atoms with van der Waals surface area (Å²) in [5.74, 6) is 0.386. The molecule has 1 aliphatic carbocycles. The van der Waals surface area contributed by atoms with E-state index in [1.165, 1.54) is 48.9 Å². The maximum absolute atomic E-state index is 12.1. The Morgan fingerprint density at radius 1 is 1.35 bits per heavy atom. The van der Waals surface area contributed by atoms with E-state index in [9.17, 15) is 14.4 Å². The number of rotatable bonds is 6. The van der Waals surface area contributed by atoms with Gasteiger partial charge in [0.15, 0.2) is 0 Å². The number of aromatic amines is 1. The van der Waals surface area contributed by atoms with Crippen molar-refractivity contribution in [2.45, 2.75) is 44.7 Å². The molecule has 0 spiro atoms. The van der Waals surface area contributed by atoms with E-state index in [4.69, 9.17) is 0 Å². The number of hydrogen-bond donors (Lipinski definition) is 2. The van der Waals surface area contributed by atoms with Crippen LogP contribution in [0.15, 0.2) is 21.9 Å². The van der Waals surface area contributed by atoms with E-state index in [2.05, 4.69) is 15.2 Å². The second-order valence-corrected chi connectivity index (χ2v) is 6.47. The van der Waals surface area contributed by atoms with Crippen molar-refractivity contribution < 1.29 is 4.79 Å². The van der Waals surface area contributed by atoms with Crippen LogP contribution in [0.5, 0.6) is 0 Å². The molecule has 7 heteroatoms. The van der Waals surface area contributed by atoms with Gasteiger partial charge in [-0.15, -0.1) is 0 Å². The highest BCUT2D eigenvalue weighted by molar-refractivity contribution is 5.75. The normalized spacial score (nSPS) is 17.2. The first-order chi connectivity index (χ1) is 11.0. The molecular weight excluding hydrogens is 296 g/mol. The minimum absolute atomic E-state index is 0.0829. The van der Waals surface area contributed by atoms with Gasteiger partial charge >= 0.3 is 5.69 Å². The first kappa shape index (κ1) is 17.5. The average Bonchev–Trinajstić information content (AvgIpc) is 2.51. The fraction of sp³-hybridized carbons (Fsp3) is 0.688. The summed E-state index contributed by atoms with van der Waals surface area (Å²) in [6.45, 7) is 0.495. The van der Waals surface area contributed by atoms with Crippen LogP contribution in [0.3, 0.4) is 0 Å². The third kappa shape index (κ3) is 5.06. The van der Waals surface area contributed by atoms with Gasteiger partial charge in [0.25, 0.3) is 5.56 Å². The quantitative estimate of drug-likeness (QED) is 0.781. The molecule has 7 nitrogen and oxygen atoms in total. The molecule has 1 saturated carbocycles. The number of aromatic nitrogens is 2. The summed E-state index contributed by atoms with van der Waals surface area (Å²) in [5, 5.41) is 2.92. The van der Waals surface area contributed by atoms with Gasteiger partial charge in [0.2, 0.25) is 5.91 Å². The summed E-state index contributed by atoms with van der Waals surface area (Å²) in [7, 11) is 4.08. The van der Waals surface area contributed by atoms with Gasteiger partial charge in [-0.05, 0) is 32.9 Å². The maximum Gasteiger partial charge on any atom is 0.328 e. The highest BCUT2D eigenvalue weighted by atomic mass is 16.2. The lowest BCUT2D eigenvalue weighted by atomic mass is 9.83. The van der Waals surface area contributed by atoms with Crippen LogP contribution in [-0.2, 0) is 11.3 Å². The van der Waals surface area contributed by atoms with E-state index >= 15 is 0 Å². The van der Waals surface area contributed by atoms with Crippen molar-refractivity contribution in [3.63, 3.8) is 0 Å². The number of likely N-dealkylation sites (N-methyl/N-ethyl adjacent to an activating group) is 1. The predicted octanol–water partition coefficient (Wildman–Crippen LogP) is 0.163. The fourth-order valence-corrected chi connectivity index (χ4v) is 3.29. The average molecular weight is 322 g/mol. The highest BCUT2D eigenvalue weighted by Crippen LogP contribution is 2.27. The van der Waals surface area contributed by atoms with Gasteiger partial charge in [-0.1, -0.05) is 19.3 Å². The zero-order valence-electron chi connectivity index (χ0n) is 13.9. The second kappa shape index (κ2) is 8.10. The molecule has 1 fully saturated rings. The minimum atomic E-state index is -0.566. The summed E-state index contributed by atoms with van der Waals surface area (Å²) < 4.78 is 1.20. The Morgan fingerprint density at radius 3 is 2.65 bits per heavy atom. The first-order valence-corrected chi connectivity index (χ1v) is 8.20. The number of nitrogens with one attached hydrogen (secondary N) is 2. The van der Waals surface area contributed by atoms with Crippen LogP contribution in [-0.4, -0.2) is 47.0 Å². The molecule has 0 saturated heterocycles. The standard InChI is InChI=1S/C16H26N4O3/c1-19(2)13(12-6-4-3-5-7-12)10-17-15(22)11-20-9-8-14(21)18-16(20)23/h8-9,12-13H,3-7,10-11H2,1-2H3,(H,17,22)(H,18,21,23)/t13-/m0/s1. The van der Waals surface area contributed by atoms with Gasteiger partial charge in [0, 0.05) is 24.8 Å². The molecule has 128 valence electrons. The molecule has 1 amide bonds. The minimum Gasteiger partial charge on any atom is -0.353 e. The Morgan fingerprint density at radius 2 is 2.04 bits per heavy atom. The SMILES string of the molecule is CN(C)[C@@H](CNC(=O)Cn1ccc(=O)[nH]c1=O)C1CCCCC1. The second-order valence-electron chi connectivity index (χ2n) is 6.47. The zero-order chi connectivity index (χ0) is 16.8. The van der Waals surface area contributed by atoms with Gasteiger partial charge in [-0.25, -0.2) is 4.79 Å². The van der Waals surface area contributed by atoms with E-state index in [0.717, 1.165) is 0 Å². The van der Waals surface area contributed by atoms with Crippen LogP contribution in [0.1, 0.15) is 32.1 Å². The number of hydrogen-bond acceptors (Lipinski definition) is 4. The summed E-state index contributed by atoms with van der Waals surface area (Å²) >= 11 is 0. The lowest BCUT2D eigenvalue weighted by molar-refractivity contribution is -0.122. The maximum atomic E-state index is 12.1. The van der Waals surface area contributed by atoms with Crippen LogP contribution in [0.4, 0.5) is 0 Å². The molecule has 1 aromatic rings. The monoisotopic (exact) mass is 322 g/mol. The summed E-state index contributed by atoms with van der Waals surface area (Å²) in [6.07, 6.45) is 7.57. The number of carbonyl (C=O) groups is 1. The Kier molecular flexibility index (Phi) is 6.15. The molecule has 1 aliphatic rings. The molecule has 23 heavy (non-hydrogen) atoms. The van der Waals surface area contributed by atoms with Crippen molar-refractivity contribution in [3.8, 4) is 0 Å². The van der Waals surface area contributed by atoms with Gasteiger partial charge in [0.1, 0.15) is 6.54 Å².